The van der Waals surface area contributed by atoms with Crippen molar-refractivity contribution in [1.29, 1.82) is 0 Å². The van der Waals surface area contributed by atoms with Gasteiger partial charge in [0, 0.05) is 22.1 Å². The van der Waals surface area contributed by atoms with E-state index in [2.05, 4.69) is 5.32 Å². The van der Waals surface area contributed by atoms with E-state index >= 15 is 0 Å². The second-order valence-corrected chi connectivity index (χ2v) is 9.40. The molecular formula is C27H24N2O5S. The van der Waals surface area contributed by atoms with Gasteiger partial charge in [-0.25, -0.2) is 4.79 Å². The van der Waals surface area contributed by atoms with Crippen LogP contribution in [0.2, 0.25) is 0 Å². The van der Waals surface area contributed by atoms with E-state index in [1.165, 1.54) is 16.7 Å². The third-order valence-electron chi connectivity index (χ3n) is 5.85. The molecule has 2 heterocycles. The van der Waals surface area contributed by atoms with Gasteiger partial charge in [0.1, 0.15) is 13.2 Å². The topological polar surface area (TPSA) is 84.9 Å². The number of ether oxygens (including phenoxy) is 2. The third kappa shape index (κ3) is 5.23. The zero-order valence-corrected chi connectivity index (χ0v) is 19.8. The maximum absolute atomic E-state index is 13.6. The van der Waals surface area contributed by atoms with Gasteiger partial charge in [0.15, 0.2) is 0 Å². The third-order valence-corrected chi connectivity index (χ3v) is 6.99. The minimum absolute atomic E-state index is 0.0791. The van der Waals surface area contributed by atoms with Gasteiger partial charge in [-0.05, 0) is 55.3 Å². The Morgan fingerprint density at radius 1 is 1.03 bits per heavy atom. The molecule has 5 rings (SSSR count). The van der Waals surface area contributed by atoms with Crippen LogP contribution in [0.15, 0.2) is 82.6 Å². The van der Waals surface area contributed by atoms with Crippen LogP contribution in [0.5, 0.6) is 0 Å². The van der Waals surface area contributed by atoms with Crippen LogP contribution in [0.4, 0.5) is 11.4 Å². The first-order chi connectivity index (χ1) is 17.1. The number of para-hydroxylation sites is 1. The van der Waals surface area contributed by atoms with Gasteiger partial charge in [-0.1, -0.05) is 42.1 Å². The number of carbonyl (C=O) groups excluding carboxylic acids is 3. The highest BCUT2D eigenvalue weighted by Crippen LogP contribution is 2.41. The van der Waals surface area contributed by atoms with Crippen molar-refractivity contribution >= 4 is 40.9 Å². The molecule has 1 N–H and O–H groups in total. The summed E-state index contributed by atoms with van der Waals surface area (Å²) in [5.74, 6) is -1.14. The van der Waals surface area contributed by atoms with Gasteiger partial charge in [0.05, 0.1) is 22.9 Å². The van der Waals surface area contributed by atoms with E-state index in [0.29, 0.717) is 29.1 Å². The molecule has 1 atom stereocenters. The lowest BCUT2D eigenvalue weighted by Gasteiger charge is -2.23. The molecule has 0 saturated carbocycles. The number of benzene rings is 3. The average molecular weight is 489 g/mol. The number of amides is 2. The molecule has 2 aliphatic rings. The SMILES string of the molecule is O=C(CN1C(=O)c2ccccc2Sc2ccc(C(=O)OC[C@@H]3CCCO3)cc21)Nc1ccccc1. The summed E-state index contributed by atoms with van der Waals surface area (Å²) in [5.41, 5.74) is 1.95. The molecule has 3 aromatic rings. The van der Waals surface area contributed by atoms with Crippen molar-refractivity contribution in [3.05, 3.63) is 83.9 Å². The molecule has 1 fully saturated rings. The Balaban J connectivity index is 1.43. The van der Waals surface area contributed by atoms with Crippen molar-refractivity contribution in [1.82, 2.24) is 0 Å². The monoisotopic (exact) mass is 488 g/mol. The molecule has 2 aliphatic heterocycles. The zero-order chi connectivity index (χ0) is 24.2. The van der Waals surface area contributed by atoms with Crippen LogP contribution in [0.3, 0.4) is 0 Å². The Labute approximate surface area is 207 Å². The van der Waals surface area contributed by atoms with Crippen molar-refractivity contribution in [2.24, 2.45) is 0 Å². The number of hydrogen-bond acceptors (Lipinski definition) is 6. The molecule has 0 radical (unpaired) electrons. The summed E-state index contributed by atoms with van der Waals surface area (Å²) in [4.78, 5) is 42.2. The molecule has 3 aromatic carbocycles. The number of rotatable bonds is 6. The maximum atomic E-state index is 13.6. The smallest absolute Gasteiger partial charge is 0.338 e. The van der Waals surface area contributed by atoms with E-state index in [0.717, 1.165) is 22.6 Å². The Kier molecular flexibility index (Phi) is 6.83. The van der Waals surface area contributed by atoms with Gasteiger partial charge >= 0.3 is 5.97 Å². The van der Waals surface area contributed by atoms with Crippen LogP contribution >= 0.6 is 11.8 Å². The fourth-order valence-electron chi connectivity index (χ4n) is 4.10. The number of carbonyl (C=O) groups is 3. The highest BCUT2D eigenvalue weighted by atomic mass is 32.2. The standard InChI is InChI=1S/C27H24N2O5S/c30-25(28-19-7-2-1-3-8-19)16-29-22-15-18(27(32)34-17-20-9-6-14-33-20)12-13-24(22)35-23-11-5-4-10-21(23)26(29)31/h1-5,7-8,10-13,15,20H,6,9,14,16-17H2,(H,28,30)/t20-/m0/s1. The quantitative estimate of drug-likeness (QED) is 0.503. The van der Waals surface area contributed by atoms with Crippen molar-refractivity contribution in [3.8, 4) is 0 Å². The number of nitrogens with zero attached hydrogens (tertiary/aromatic N) is 1. The van der Waals surface area contributed by atoms with Gasteiger partial charge in [-0.15, -0.1) is 0 Å². The average Bonchev–Trinajstić information content (AvgIpc) is 3.37. The second kappa shape index (κ2) is 10.3. The van der Waals surface area contributed by atoms with Crippen LogP contribution in [0.1, 0.15) is 33.6 Å². The molecule has 0 bridgehead atoms. The van der Waals surface area contributed by atoms with Crippen LogP contribution in [0.25, 0.3) is 0 Å². The molecule has 178 valence electrons. The van der Waals surface area contributed by atoms with Gasteiger partial charge in [0.2, 0.25) is 5.91 Å². The number of fused-ring (bicyclic) bond motifs is 2. The fourth-order valence-corrected chi connectivity index (χ4v) is 5.16. The van der Waals surface area contributed by atoms with E-state index in [4.69, 9.17) is 9.47 Å². The largest absolute Gasteiger partial charge is 0.459 e. The molecule has 8 heteroatoms. The molecular weight excluding hydrogens is 464 g/mol. The Bertz CT molecular complexity index is 1260. The van der Waals surface area contributed by atoms with E-state index in [9.17, 15) is 14.4 Å². The van der Waals surface area contributed by atoms with E-state index in [1.807, 2.05) is 30.3 Å². The van der Waals surface area contributed by atoms with Gasteiger partial charge in [-0.2, -0.15) is 0 Å². The predicted molar refractivity (Wildman–Crippen MR) is 133 cm³/mol. The molecule has 1 saturated heterocycles. The first kappa shape index (κ1) is 23.1. The summed E-state index contributed by atoms with van der Waals surface area (Å²) in [6.07, 6.45) is 1.75. The number of anilines is 2. The molecule has 0 spiro atoms. The Morgan fingerprint density at radius 2 is 1.83 bits per heavy atom. The molecule has 2 amide bonds. The molecule has 35 heavy (non-hydrogen) atoms. The summed E-state index contributed by atoms with van der Waals surface area (Å²) in [6.45, 7) is 0.670. The van der Waals surface area contributed by atoms with E-state index in [-0.39, 0.29) is 31.1 Å². The van der Waals surface area contributed by atoms with Crippen molar-refractivity contribution in [2.75, 3.05) is 30.0 Å². The normalized spacial score (nSPS) is 16.7. The zero-order valence-electron chi connectivity index (χ0n) is 18.9. The summed E-state index contributed by atoms with van der Waals surface area (Å²) >= 11 is 1.43. The highest BCUT2D eigenvalue weighted by Gasteiger charge is 2.30. The molecule has 0 unspecified atom stereocenters. The van der Waals surface area contributed by atoms with E-state index in [1.54, 1.807) is 42.5 Å². The lowest BCUT2D eigenvalue weighted by molar-refractivity contribution is -0.114. The van der Waals surface area contributed by atoms with Gasteiger partial charge in [-0.3, -0.25) is 14.5 Å². The van der Waals surface area contributed by atoms with Crippen LogP contribution in [-0.4, -0.2) is 43.6 Å². The first-order valence-corrected chi connectivity index (χ1v) is 12.3. The van der Waals surface area contributed by atoms with Crippen LogP contribution < -0.4 is 10.2 Å². The summed E-state index contributed by atoms with van der Waals surface area (Å²) in [6, 6.07) is 21.5. The highest BCUT2D eigenvalue weighted by molar-refractivity contribution is 7.99. The summed E-state index contributed by atoms with van der Waals surface area (Å²) < 4.78 is 11.0. The molecule has 7 nitrogen and oxygen atoms in total. The lowest BCUT2D eigenvalue weighted by Crippen LogP contribution is -2.38. The van der Waals surface area contributed by atoms with E-state index < -0.39 is 5.97 Å². The number of hydrogen-bond donors (Lipinski definition) is 1. The summed E-state index contributed by atoms with van der Waals surface area (Å²) in [5, 5.41) is 2.83. The lowest BCUT2D eigenvalue weighted by atomic mass is 10.1. The van der Waals surface area contributed by atoms with Gasteiger partial charge in [0.25, 0.3) is 5.91 Å². The number of esters is 1. The Morgan fingerprint density at radius 3 is 2.63 bits per heavy atom. The van der Waals surface area contributed by atoms with Crippen molar-refractivity contribution in [2.45, 2.75) is 28.7 Å². The molecule has 0 aromatic heterocycles. The minimum atomic E-state index is -0.490. The fraction of sp³-hybridized carbons (Fsp3) is 0.222. The second-order valence-electron chi connectivity index (χ2n) is 8.32. The van der Waals surface area contributed by atoms with Gasteiger partial charge < -0.3 is 14.8 Å². The predicted octanol–water partition coefficient (Wildman–Crippen LogP) is 4.77. The Hall–Kier alpha value is -3.62. The minimum Gasteiger partial charge on any atom is -0.459 e. The van der Waals surface area contributed by atoms with Crippen molar-refractivity contribution in [3.63, 3.8) is 0 Å². The van der Waals surface area contributed by atoms with Crippen LogP contribution in [-0.2, 0) is 14.3 Å². The summed E-state index contributed by atoms with van der Waals surface area (Å²) in [7, 11) is 0. The maximum Gasteiger partial charge on any atom is 0.338 e. The first-order valence-electron chi connectivity index (χ1n) is 11.4. The van der Waals surface area contributed by atoms with Crippen molar-refractivity contribution < 1.29 is 23.9 Å². The van der Waals surface area contributed by atoms with Crippen LogP contribution in [0, 0.1) is 0 Å². The molecule has 0 aliphatic carbocycles. The number of nitrogens with one attached hydrogen (secondary N) is 1.